The number of hydrogen-bond donors (Lipinski definition) is 1. The lowest BCUT2D eigenvalue weighted by Gasteiger charge is -2.08. The van der Waals surface area contributed by atoms with E-state index in [1.54, 1.807) is 25.4 Å². The Hall–Kier alpha value is -1.53. The average molecular weight is 286 g/mol. The third-order valence-electron chi connectivity index (χ3n) is 3.02. The maximum atomic E-state index is 12.6. The molecule has 3 nitrogen and oxygen atoms in total. The first-order valence-corrected chi connectivity index (χ1v) is 6.34. The van der Waals surface area contributed by atoms with Gasteiger partial charge in [-0.15, -0.1) is 0 Å². The van der Waals surface area contributed by atoms with Gasteiger partial charge in [0.15, 0.2) is 0 Å². The summed E-state index contributed by atoms with van der Waals surface area (Å²) in [7, 11) is 1.61. The van der Waals surface area contributed by atoms with Crippen molar-refractivity contribution >= 4 is 10.9 Å². The van der Waals surface area contributed by atoms with E-state index in [-0.39, 0.29) is 0 Å². The van der Waals surface area contributed by atoms with Crippen molar-refractivity contribution in [1.82, 2.24) is 9.88 Å². The quantitative estimate of drug-likeness (QED) is 0.826. The van der Waals surface area contributed by atoms with Gasteiger partial charge in [0, 0.05) is 37.3 Å². The number of fused-ring (bicyclic) bond motifs is 1. The highest BCUT2D eigenvalue weighted by Crippen LogP contribution is 2.25. The Morgan fingerprint density at radius 2 is 2.00 bits per heavy atom. The van der Waals surface area contributed by atoms with Crippen LogP contribution in [0.2, 0.25) is 0 Å². The summed E-state index contributed by atoms with van der Waals surface area (Å²) in [4.78, 5) is 0. The zero-order valence-corrected chi connectivity index (χ0v) is 11.2. The lowest BCUT2D eigenvalue weighted by Crippen LogP contribution is -2.19. The van der Waals surface area contributed by atoms with Crippen LogP contribution in [0.5, 0.6) is 0 Å². The van der Waals surface area contributed by atoms with Crippen molar-refractivity contribution in [2.45, 2.75) is 19.3 Å². The first-order valence-electron chi connectivity index (χ1n) is 6.34. The maximum Gasteiger partial charge on any atom is 0.406 e. The number of hydrogen-bond acceptors (Lipinski definition) is 2. The van der Waals surface area contributed by atoms with Crippen molar-refractivity contribution in [2.75, 3.05) is 20.3 Å². The largest absolute Gasteiger partial charge is 0.406 e. The normalized spacial score (nSPS) is 12.2. The molecule has 0 atom stereocenters. The summed E-state index contributed by atoms with van der Waals surface area (Å²) < 4.78 is 43.9. The summed E-state index contributed by atoms with van der Waals surface area (Å²) in [5.41, 5.74) is 1.47. The molecule has 0 radical (unpaired) electrons. The number of aromatic nitrogens is 1. The summed E-state index contributed by atoms with van der Waals surface area (Å²) in [5, 5.41) is 4.00. The first kappa shape index (κ1) is 14.9. The molecule has 0 aliphatic carbocycles. The van der Waals surface area contributed by atoms with Crippen molar-refractivity contribution in [3.63, 3.8) is 0 Å². The second-order valence-corrected chi connectivity index (χ2v) is 4.58. The van der Waals surface area contributed by atoms with Gasteiger partial charge in [-0.25, -0.2) is 0 Å². The van der Waals surface area contributed by atoms with Gasteiger partial charge in [0.05, 0.1) is 6.61 Å². The number of benzene rings is 1. The Kier molecular flexibility index (Phi) is 4.67. The standard InChI is InChI=1S/C14H17F3N2O/c1-20-7-6-18-8-11-9-19(10-14(15,16)17)13-5-3-2-4-12(11)13/h2-5,9,18H,6-8,10H2,1H3. The van der Waals surface area contributed by atoms with E-state index < -0.39 is 12.7 Å². The van der Waals surface area contributed by atoms with Crippen LogP contribution in [0.25, 0.3) is 10.9 Å². The molecule has 110 valence electrons. The summed E-state index contributed by atoms with van der Waals surface area (Å²) in [6.07, 6.45) is -2.65. The van der Waals surface area contributed by atoms with Crippen LogP contribution >= 0.6 is 0 Å². The molecule has 0 aliphatic heterocycles. The van der Waals surface area contributed by atoms with Gasteiger partial charge in [-0.3, -0.25) is 0 Å². The third kappa shape index (κ3) is 3.74. The van der Waals surface area contributed by atoms with Gasteiger partial charge in [-0.2, -0.15) is 13.2 Å². The van der Waals surface area contributed by atoms with E-state index in [0.29, 0.717) is 25.2 Å². The molecule has 1 heterocycles. The Balaban J connectivity index is 2.22. The zero-order valence-electron chi connectivity index (χ0n) is 11.2. The number of alkyl halides is 3. The van der Waals surface area contributed by atoms with E-state index in [9.17, 15) is 13.2 Å². The van der Waals surface area contributed by atoms with Crippen LogP contribution in [-0.2, 0) is 17.8 Å². The van der Waals surface area contributed by atoms with Gasteiger partial charge in [0.1, 0.15) is 6.54 Å². The van der Waals surface area contributed by atoms with Crippen molar-refractivity contribution in [3.8, 4) is 0 Å². The Morgan fingerprint density at radius 3 is 2.70 bits per heavy atom. The van der Waals surface area contributed by atoms with Gasteiger partial charge in [0.25, 0.3) is 0 Å². The third-order valence-corrected chi connectivity index (χ3v) is 3.02. The molecule has 0 aliphatic rings. The second-order valence-electron chi connectivity index (χ2n) is 4.58. The van der Waals surface area contributed by atoms with Gasteiger partial charge in [-0.1, -0.05) is 18.2 Å². The van der Waals surface area contributed by atoms with E-state index in [1.165, 1.54) is 4.57 Å². The predicted molar refractivity (Wildman–Crippen MR) is 71.6 cm³/mol. The Bertz CT molecular complexity index is 563. The number of methoxy groups -OCH3 is 1. The summed E-state index contributed by atoms with van der Waals surface area (Å²) in [5.74, 6) is 0. The molecule has 0 fully saturated rings. The molecule has 0 saturated carbocycles. The molecule has 0 spiro atoms. The molecule has 20 heavy (non-hydrogen) atoms. The maximum absolute atomic E-state index is 12.6. The molecule has 0 bridgehead atoms. The van der Waals surface area contributed by atoms with Crippen molar-refractivity contribution in [3.05, 3.63) is 36.0 Å². The van der Waals surface area contributed by atoms with Crippen LogP contribution < -0.4 is 5.32 Å². The summed E-state index contributed by atoms with van der Waals surface area (Å²) >= 11 is 0. The van der Waals surface area contributed by atoms with E-state index in [0.717, 1.165) is 10.9 Å². The fraction of sp³-hybridized carbons (Fsp3) is 0.429. The number of rotatable bonds is 6. The molecule has 2 rings (SSSR count). The van der Waals surface area contributed by atoms with Crippen molar-refractivity contribution < 1.29 is 17.9 Å². The SMILES string of the molecule is COCCNCc1cn(CC(F)(F)F)c2ccccc12. The smallest absolute Gasteiger partial charge is 0.383 e. The number of para-hydroxylation sites is 1. The topological polar surface area (TPSA) is 26.2 Å². The number of ether oxygens (including phenoxy) is 1. The van der Waals surface area contributed by atoms with E-state index in [1.807, 2.05) is 12.1 Å². The molecule has 0 amide bonds. The highest BCUT2D eigenvalue weighted by atomic mass is 19.4. The highest BCUT2D eigenvalue weighted by Gasteiger charge is 2.28. The monoisotopic (exact) mass is 286 g/mol. The van der Waals surface area contributed by atoms with E-state index in [2.05, 4.69) is 5.32 Å². The molecule has 1 N–H and O–H groups in total. The van der Waals surface area contributed by atoms with Crippen molar-refractivity contribution in [1.29, 1.82) is 0 Å². The van der Waals surface area contributed by atoms with Gasteiger partial charge < -0.3 is 14.6 Å². The molecule has 0 saturated heterocycles. The van der Waals surface area contributed by atoms with Gasteiger partial charge >= 0.3 is 6.18 Å². The minimum atomic E-state index is -4.22. The molecule has 2 aromatic rings. The Labute approximate surface area is 115 Å². The van der Waals surface area contributed by atoms with Crippen molar-refractivity contribution in [2.24, 2.45) is 0 Å². The lowest BCUT2D eigenvalue weighted by molar-refractivity contribution is -0.139. The molecule has 1 aromatic heterocycles. The molecule has 0 unspecified atom stereocenters. The fourth-order valence-corrected chi connectivity index (χ4v) is 2.18. The summed E-state index contributed by atoms with van der Waals surface area (Å²) in [6.45, 7) is 0.788. The molecular formula is C14H17F3N2O. The Morgan fingerprint density at radius 1 is 1.25 bits per heavy atom. The van der Waals surface area contributed by atoms with Crippen LogP contribution in [0.15, 0.2) is 30.5 Å². The van der Waals surface area contributed by atoms with E-state index in [4.69, 9.17) is 4.74 Å². The minimum absolute atomic E-state index is 0.523. The zero-order chi connectivity index (χ0) is 14.6. The highest BCUT2D eigenvalue weighted by molar-refractivity contribution is 5.83. The van der Waals surface area contributed by atoms with Gasteiger partial charge in [0.2, 0.25) is 0 Å². The number of nitrogens with one attached hydrogen (secondary N) is 1. The number of halogens is 3. The van der Waals surface area contributed by atoms with Crippen LogP contribution in [0.4, 0.5) is 13.2 Å². The van der Waals surface area contributed by atoms with E-state index >= 15 is 0 Å². The molecular weight excluding hydrogens is 269 g/mol. The van der Waals surface area contributed by atoms with Gasteiger partial charge in [-0.05, 0) is 11.6 Å². The summed E-state index contributed by atoms with van der Waals surface area (Å²) in [6, 6.07) is 7.13. The van der Waals surface area contributed by atoms with Crippen LogP contribution in [0.1, 0.15) is 5.56 Å². The van der Waals surface area contributed by atoms with Crippen LogP contribution in [0.3, 0.4) is 0 Å². The average Bonchev–Trinajstić information content (AvgIpc) is 2.72. The second kappa shape index (κ2) is 6.28. The number of nitrogens with zero attached hydrogens (tertiary/aromatic N) is 1. The van der Waals surface area contributed by atoms with Crippen LogP contribution in [-0.4, -0.2) is 31.0 Å². The minimum Gasteiger partial charge on any atom is -0.383 e. The first-order chi connectivity index (χ1) is 9.51. The predicted octanol–water partition coefficient (Wildman–Crippen LogP) is 2.94. The molecule has 1 aromatic carbocycles. The van der Waals surface area contributed by atoms with Crippen LogP contribution in [0, 0.1) is 0 Å². The molecule has 6 heteroatoms. The fourth-order valence-electron chi connectivity index (χ4n) is 2.18. The lowest BCUT2D eigenvalue weighted by atomic mass is 10.2.